The Bertz CT molecular complexity index is 1770. The number of ether oxygens (including phenoxy) is 3. The summed E-state index contributed by atoms with van der Waals surface area (Å²) in [6.07, 6.45) is 19.9. The third-order valence-electron chi connectivity index (χ3n) is 11.2. The van der Waals surface area contributed by atoms with E-state index in [0.29, 0.717) is 38.5 Å². The molecule has 0 radical (unpaired) electrons. The number of hydrogen-bond donors (Lipinski definition) is 7. The zero-order chi connectivity index (χ0) is 50.2. The number of allylic oxidation sites excluding steroid dienone is 3. The molecule has 0 spiro atoms. The van der Waals surface area contributed by atoms with Gasteiger partial charge in [-0.3, -0.25) is 23.2 Å². The number of hydrogen-bond acceptors (Lipinski definition) is 17. The molecule has 0 aromatic carbocycles. The van der Waals surface area contributed by atoms with Crippen LogP contribution in [-0.4, -0.2) is 108 Å². The van der Waals surface area contributed by atoms with Gasteiger partial charge in [-0.25, -0.2) is 13.9 Å². The summed E-state index contributed by atoms with van der Waals surface area (Å²) in [6.45, 7) is 1.91. The van der Waals surface area contributed by atoms with Gasteiger partial charge >= 0.3 is 33.3 Å². The van der Waals surface area contributed by atoms with Gasteiger partial charge < -0.3 is 50.2 Å². The number of nitrogens with zero attached hydrogens (tertiary/aromatic N) is 2. The van der Waals surface area contributed by atoms with Crippen molar-refractivity contribution in [2.24, 2.45) is 0 Å². The number of phosphoric ester groups is 2. The summed E-state index contributed by atoms with van der Waals surface area (Å²) in [4.78, 5) is 61.8. The number of rotatable bonds is 40. The van der Waals surface area contributed by atoms with Gasteiger partial charge in [0.1, 0.15) is 30.7 Å². The molecular weight excluding hydrogens is 928 g/mol. The fraction of sp³-hybridized carbons (Fsp3) is 0.783. The second kappa shape index (κ2) is 35.3. The predicted molar refractivity (Wildman–Crippen MR) is 255 cm³/mol. The number of esters is 2. The molecule has 1 aliphatic rings. The summed E-state index contributed by atoms with van der Waals surface area (Å²) in [6, 6.07) is 1.24. The van der Waals surface area contributed by atoms with E-state index in [4.69, 9.17) is 29.0 Å². The first kappa shape index (κ1) is 61.3. The van der Waals surface area contributed by atoms with E-state index in [1.54, 1.807) is 0 Å². The maximum atomic E-state index is 12.8. The van der Waals surface area contributed by atoms with E-state index in [2.05, 4.69) is 35.3 Å². The van der Waals surface area contributed by atoms with Gasteiger partial charge in [0.05, 0.1) is 25.4 Å². The van der Waals surface area contributed by atoms with Crippen LogP contribution in [0.15, 0.2) is 41.4 Å². The van der Waals surface area contributed by atoms with Crippen molar-refractivity contribution in [3.8, 4) is 0 Å². The van der Waals surface area contributed by atoms with Crippen LogP contribution in [0.5, 0.6) is 0 Å². The van der Waals surface area contributed by atoms with Crippen LogP contribution in [-0.2, 0) is 46.3 Å². The maximum absolute atomic E-state index is 12.8. The smallest absolute Gasteiger partial charge is 0.462 e. The van der Waals surface area contributed by atoms with Crippen molar-refractivity contribution >= 4 is 33.4 Å². The summed E-state index contributed by atoms with van der Waals surface area (Å²) >= 11 is 0. The number of carbonyl (C=O) groups excluding carboxylic acids is 2. The first-order valence-electron chi connectivity index (χ1n) is 24.5. The van der Waals surface area contributed by atoms with Crippen molar-refractivity contribution in [1.82, 2.24) is 9.55 Å². The number of nitrogen functional groups attached to an aromatic ring is 1. The number of carbonyl (C=O) groups is 2. The van der Waals surface area contributed by atoms with E-state index in [0.717, 1.165) is 87.8 Å². The van der Waals surface area contributed by atoms with Crippen molar-refractivity contribution in [3.63, 3.8) is 0 Å². The molecule has 0 amide bonds. The van der Waals surface area contributed by atoms with Gasteiger partial charge in [0.15, 0.2) is 12.3 Å². The third-order valence-corrected chi connectivity index (χ3v) is 13.8. The van der Waals surface area contributed by atoms with Crippen LogP contribution in [0.4, 0.5) is 5.82 Å². The number of phosphoric acid groups is 2. The summed E-state index contributed by atoms with van der Waals surface area (Å²) < 4.78 is 56.6. The van der Waals surface area contributed by atoms with E-state index < -0.39 is 95.9 Å². The van der Waals surface area contributed by atoms with Crippen molar-refractivity contribution in [1.29, 1.82) is 0 Å². The number of unbranched alkanes of at least 4 members (excludes halogenated alkanes) is 16. The lowest BCUT2D eigenvalue weighted by Crippen LogP contribution is -2.36. The number of aliphatic hydroxyl groups is 4. The molecule has 392 valence electrons. The molecule has 1 aromatic heterocycles. The Hall–Kier alpha value is -2.84. The van der Waals surface area contributed by atoms with E-state index in [1.165, 1.54) is 31.7 Å². The standard InChI is InChI=1S/C46H81N3O17P2/c1-3-5-7-9-11-12-13-14-15-16-17-21-25-29-41(52)61-33-36(64-42(53)30-26-22-18-20-24-28-38(51)37(50)27-23-19-10-8-6-4-2)34-62-67(57,58)66-68(59,60)63-35-39-43(54)44(55)45(65-39)49-32-31-40(47)48-46(49)56/h12-13,19,23,31-32,36-39,43-45,50-51,54-55H,3-11,14-18,20-22,24-30,33-35H2,1-2H3,(H,57,58)(H,59,60)(H2,47,48,56)/b13-12-,23-19-/t36-,37+,38+,39-,43-,44-,45-/m1/s1. The van der Waals surface area contributed by atoms with Crippen LogP contribution in [0.25, 0.3) is 0 Å². The molecule has 22 heteroatoms. The molecular formula is C46H81N3O17P2. The van der Waals surface area contributed by atoms with Gasteiger partial charge in [0.25, 0.3) is 0 Å². The number of aliphatic hydroxyl groups excluding tert-OH is 4. The molecule has 9 atom stereocenters. The van der Waals surface area contributed by atoms with Gasteiger partial charge in [-0.15, -0.1) is 0 Å². The zero-order valence-corrected chi connectivity index (χ0v) is 41.9. The van der Waals surface area contributed by atoms with Gasteiger partial charge in [-0.2, -0.15) is 9.29 Å². The second-order valence-electron chi connectivity index (χ2n) is 17.3. The molecule has 0 bridgehead atoms. The second-order valence-corrected chi connectivity index (χ2v) is 20.3. The zero-order valence-electron chi connectivity index (χ0n) is 40.1. The Kier molecular flexibility index (Phi) is 31.8. The normalized spacial score (nSPS) is 20.6. The fourth-order valence-electron chi connectivity index (χ4n) is 7.21. The highest BCUT2D eigenvalue weighted by Crippen LogP contribution is 2.60. The number of nitrogens with two attached hydrogens (primary N) is 1. The number of anilines is 1. The predicted octanol–water partition coefficient (Wildman–Crippen LogP) is 7.39. The first-order valence-corrected chi connectivity index (χ1v) is 27.5. The topological polar surface area (TPSA) is 306 Å². The molecule has 2 unspecified atom stereocenters. The van der Waals surface area contributed by atoms with Crippen molar-refractivity contribution in [2.75, 3.05) is 25.6 Å². The van der Waals surface area contributed by atoms with E-state index in [-0.39, 0.29) is 18.7 Å². The molecule has 1 aliphatic heterocycles. The highest BCUT2D eigenvalue weighted by Gasteiger charge is 2.46. The van der Waals surface area contributed by atoms with Crippen LogP contribution in [0.2, 0.25) is 0 Å². The molecule has 1 saturated heterocycles. The van der Waals surface area contributed by atoms with Crippen LogP contribution >= 0.6 is 15.6 Å². The fourth-order valence-corrected chi connectivity index (χ4v) is 9.32. The molecule has 20 nitrogen and oxygen atoms in total. The molecule has 2 rings (SSSR count). The van der Waals surface area contributed by atoms with Crippen molar-refractivity contribution in [2.45, 2.75) is 211 Å². The van der Waals surface area contributed by atoms with E-state index in [9.17, 15) is 53.7 Å². The van der Waals surface area contributed by atoms with Crippen LogP contribution in [0.1, 0.15) is 174 Å². The van der Waals surface area contributed by atoms with Gasteiger partial charge in [-0.05, 0) is 70.3 Å². The summed E-state index contributed by atoms with van der Waals surface area (Å²) in [5.74, 6) is -1.43. The summed E-state index contributed by atoms with van der Waals surface area (Å²) in [7, 11) is -10.9. The summed E-state index contributed by atoms with van der Waals surface area (Å²) in [5, 5.41) is 41.4. The Morgan fingerprint density at radius 1 is 0.750 bits per heavy atom. The lowest BCUT2D eigenvalue weighted by atomic mass is 10.0. The molecule has 8 N–H and O–H groups in total. The highest BCUT2D eigenvalue weighted by atomic mass is 31.3. The minimum Gasteiger partial charge on any atom is -0.462 e. The van der Waals surface area contributed by atoms with Crippen molar-refractivity contribution in [3.05, 3.63) is 47.1 Å². The minimum atomic E-state index is -5.45. The van der Waals surface area contributed by atoms with E-state index >= 15 is 0 Å². The molecule has 0 aliphatic carbocycles. The SMILES string of the molecule is CCCCC/C=C\C[C@H](O)[C@@H](O)CCCCCCCC(=O)O[C@H](COC(=O)CCCCCCC/C=C\CCCCCC)COP(=O)(O)OP(=O)(O)OC[C@H]1O[C@@H](n2ccc(N)nc2=O)[C@H](O)[C@@H]1O. The Morgan fingerprint density at radius 3 is 1.94 bits per heavy atom. The van der Waals surface area contributed by atoms with E-state index in [1.807, 2.05) is 12.2 Å². The molecule has 1 aromatic rings. The highest BCUT2D eigenvalue weighted by molar-refractivity contribution is 7.61. The molecule has 2 heterocycles. The average molecular weight is 1010 g/mol. The molecule has 1 fully saturated rings. The van der Waals surface area contributed by atoms with Gasteiger partial charge in [0, 0.05) is 19.0 Å². The summed E-state index contributed by atoms with van der Waals surface area (Å²) in [5.41, 5.74) is 4.57. The third kappa shape index (κ3) is 27.5. The average Bonchev–Trinajstić information content (AvgIpc) is 3.57. The lowest BCUT2D eigenvalue weighted by Gasteiger charge is -2.21. The maximum Gasteiger partial charge on any atom is 0.481 e. The number of aromatic nitrogens is 2. The quantitative estimate of drug-likeness (QED) is 0.0146. The monoisotopic (exact) mass is 1010 g/mol. The largest absolute Gasteiger partial charge is 0.481 e. The van der Waals surface area contributed by atoms with Crippen LogP contribution in [0, 0.1) is 0 Å². The van der Waals surface area contributed by atoms with Crippen molar-refractivity contribution < 1.29 is 76.5 Å². The Balaban J connectivity index is 1.85. The Labute approximate surface area is 401 Å². The Morgan fingerprint density at radius 2 is 1.29 bits per heavy atom. The van der Waals surface area contributed by atoms with Crippen LogP contribution < -0.4 is 11.4 Å². The first-order chi connectivity index (χ1) is 32.5. The molecule has 0 saturated carbocycles. The lowest BCUT2D eigenvalue weighted by molar-refractivity contribution is -0.161. The van der Waals surface area contributed by atoms with Gasteiger partial charge in [0.2, 0.25) is 0 Å². The van der Waals surface area contributed by atoms with Gasteiger partial charge in [-0.1, -0.05) is 115 Å². The minimum absolute atomic E-state index is 0.0494. The van der Waals surface area contributed by atoms with Crippen LogP contribution in [0.3, 0.4) is 0 Å². The molecule has 68 heavy (non-hydrogen) atoms.